The van der Waals surface area contributed by atoms with Crippen LogP contribution >= 0.6 is 0 Å². The van der Waals surface area contributed by atoms with Gasteiger partial charge in [0.1, 0.15) is 6.10 Å². The van der Waals surface area contributed by atoms with Crippen LogP contribution in [0.15, 0.2) is 30.7 Å². The summed E-state index contributed by atoms with van der Waals surface area (Å²) < 4.78 is 5.82. The van der Waals surface area contributed by atoms with Crippen LogP contribution in [0.1, 0.15) is 48.9 Å². The van der Waals surface area contributed by atoms with Gasteiger partial charge in [0.25, 0.3) is 5.91 Å². The lowest BCUT2D eigenvalue weighted by atomic mass is 10.2. The molecule has 1 N–H and O–H groups in total. The Morgan fingerprint density at radius 2 is 1.73 bits per heavy atom. The van der Waals surface area contributed by atoms with Crippen LogP contribution < -0.4 is 15.0 Å². The number of carbonyl (C=O) groups is 1. The number of nitrogens with one attached hydrogen (secondary N) is 1. The quantitative estimate of drug-likeness (QED) is 0.890. The second-order valence-corrected chi connectivity index (χ2v) is 6.83. The van der Waals surface area contributed by atoms with Crippen molar-refractivity contribution in [2.45, 2.75) is 44.6 Å². The molecule has 26 heavy (non-hydrogen) atoms. The molecule has 1 aliphatic heterocycles. The molecular weight excluding hydrogens is 330 g/mol. The van der Waals surface area contributed by atoms with Gasteiger partial charge in [0.05, 0.1) is 23.6 Å². The van der Waals surface area contributed by atoms with E-state index in [4.69, 9.17) is 4.74 Å². The third kappa shape index (κ3) is 3.92. The Balaban J connectivity index is 1.35. The molecule has 1 amide bonds. The van der Waals surface area contributed by atoms with Crippen LogP contribution in [0.4, 0.5) is 11.6 Å². The number of nitrogens with zero attached hydrogens (tertiary/aromatic N) is 4. The summed E-state index contributed by atoms with van der Waals surface area (Å²) in [4.78, 5) is 27.4. The highest BCUT2D eigenvalue weighted by molar-refractivity contribution is 6.03. The average Bonchev–Trinajstić information content (AvgIpc) is 3.37. The minimum Gasteiger partial charge on any atom is -0.474 e. The first-order valence-corrected chi connectivity index (χ1v) is 9.29. The van der Waals surface area contributed by atoms with Crippen molar-refractivity contribution in [2.24, 2.45) is 0 Å². The Kier molecular flexibility index (Phi) is 4.95. The molecular formula is C19H23N5O2. The van der Waals surface area contributed by atoms with Gasteiger partial charge < -0.3 is 15.0 Å². The Hall–Kier alpha value is -2.70. The van der Waals surface area contributed by atoms with Gasteiger partial charge in [0.2, 0.25) is 11.8 Å². The minimum absolute atomic E-state index is 0.234. The van der Waals surface area contributed by atoms with Crippen molar-refractivity contribution < 1.29 is 9.53 Å². The van der Waals surface area contributed by atoms with Crippen LogP contribution in [0.2, 0.25) is 0 Å². The second kappa shape index (κ2) is 7.68. The lowest BCUT2D eigenvalue weighted by molar-refractivity contribution is 0.102. The van der Waals surface area contributed by atoms with Crippen LogP contribution in [0.5, 0.6) is 5.88 Å². The monoisotopic (exact) mass is 353 g/mol. The molecule has 2 aromatic heterocycles. The number of carbonyl (C=O) groups excluding carboxylic acids is 1. The summed E-state index contributed by atoms with van der Waals surface area (Å²) in [5.74, 6) is 1.06. The molecule has 7 heteroatoms. The van der Waals surface area contributed by atoms with Crippen molar-refractivity contribution in [1.82, 2.24) is 15.0 Å². The molecule has 3 heterocycles. The van der Waals surface area contributed by atoms with Gasteiger partial charge in [-0.1, -0.05) is 0 Å². The van der Waals surface area contributed by atoms with Crippen molar-refractivity contribution in [1.29, 1.82) is 0 Å². The van der Waals surface area contributed by atoms with Gasteiger partial charge >= 0.3 is 0 Å². The first-order valence-electron chi connectivity index (χ1n) is 9.29. The standard InChI is InChI=1S/C19H23N5O2/c25-18(14-7-8-17(20-11-14)26-16-5-1-2-6-16)23-15-12-21-19(22-13-15)24-9-3-4-10-24/h7-8,11-13,16H,1-6,9-10H2,(H,23,25). The normalized spacial score (nSPS) is 17.5. The summed E-state index contributed by atoms with van der Waals surface area (Å²) in [6, 6.07) is 3.48. The Bertz CT molecular complexity index is 736. The van der Waals surface area contributed by atoms with E-state index in [1.807, 2.05) is 0 Å². The maximum absolute atomic E-state index is 12.4. The number of anilines is 2. The van der Waals surface area contributed by atoms with E-state index < -0.39 is 0 Å². The lowest BCUT2D eigenvalue weighted by Gasteiger charge is -2.14. The fraction of sp³-hybridized carbons (Fsp3) is 0.474. The highest BCUT2D eigenvalue weighted by atomic mass is 16.5. The molecule has 2 aliphatic rings. The van der Waals surface area contributed by atoms with Crippen molar-refractivity contribution in [3.8, 4) is 5.88 Å². The van der Waals surface area contributed by atoms with Gasteiger partial charge in [-0.3, -0.25) is 4.79 Å². The molecule has 2 fully saturated rings. The van der Waals surface area contributed by atoms with Crippen LogP contribution in [0, 0.1) is 0 Å². The van der Waals surface area contributed by atoms with Crippen molar-refractivity contribution in [3.05, 3.63) is 36.3 Å². The first-order chi connectivity index (χ1) is 12.8. The van der Waals surface area contributed by atoms with E-state index in [0.29, 0.717) is 17.1 Å². The number of hydrogen-bond donors (Lipinski definition) is 1. The Morgan fingerprint density at radius 3 is 2.38 bits per heavy atom. The highest BCUT2D eigenvalue weighted by Gasteiger charge is 2.17. The number of rotatable bonds is 5. The molecule has 0 spiro atoms. The third-order valence-electron chi connectivity index (χ3n) is 4.87. The van der Waals surface area contributed by atoms with E-state index in [2.05, 4.69) is 25.2 Å². The number of hydrogen-bond acceptors (Lipinski definition) is 6. The molecule has 0 atom stereocenters. The zero-order valence-electron chi connectivity index (χ0n) is 14.7. The molecule has 2 aromatic rings. The SMILES string of the molecule is O=C(Nc1cnc(N2CCCC2)nc1)c1ccc(OC2CCCC2)nc1. The summed E-state index contributed by atoms with van der Waals surface area (Å²) in [7, 11) is 0. The van der Waals surface area contributed by atoms with E-state index in [1.54, 1.807) is 30.7 Å². The van der Waals surface area contributed by atoms with Gasteiger partial charge in [-0.15, -0.1) is 0 Å². The van der Waals surface area contributed by atoms with Crippen molar-refractivity contribution in [2.75, 3.05) is 23.3 Å². The third-order valence-corrected chi connectivity index (χ3v) is 4.87. The topological polar surface area (TPSA) is 80.2 Å². The van der Waals surface area contributed by atoms with E-state index in [-0.39, 0.29) is 12.0 Å². The molecule has 0 radical (unpaired) electrons. The number of amides is 1. The van der Waals surface area contributed by atoms with E-state index in [9.17, 15) is 4.79 Å². The van der Waals surface area contributed by atoms with E-state index >= 15 is 0 Å². The van der Waals surface area contributed by atoms with Gasteiger partial charge in [-0.25, -0.2) is 15.0 Å². The number of ether oxygens (including phenoxy) is 1. The number of aromatic nitrogens is 3. The molecule has 1 saturated heterocycles. The van der Waals surface area contributed by atoms with Crippen LogP contribution in [0.25, 0.3) is 0 Å². The fourth-order valence-corrected chi connectivity index (χ4v) is 3.43. The first kappa shape index (κ1) is 16.8. The van der Waals surface area contributed by atoms with Gasteiger partial charge in [-0.2, -0.15) is 0 Å². The van der Waals surface area contributed by atoms with Crippen LogP contribution in [0.3, 0.4) is 0 Å². The molecule has 0 unspecified atom stereocenters. The maximum atomic E-state index is 12.4. The molecule has 1 saturated carbocycles. The number of pyridine rings is 1. The summed E-state index contributed by atoms with van der Waals surface area (Å²) in [6.07, 6.45) is 12.0. The van der Waals surface area contributed by atoms with Gasteiger partial charge in [-0.05, 0) is 44.6 Å². The molecule has 0 bridgehead atoms. The zero-order valence-corrected chi connectivity index (χ0v) is 14.7. The fourth-order valence-electron chi connectivity index (χ4n) is 3.43. The minimum atomic E-state index is -0.234. The predicted molar refractivity (Wildman–Crippen MR) is 98.6 cm³/mol. The Labute approximate surface area is 152 Å². The average molecular weight is 353 g/mol. The molecule has 4 rings (SSSR count). The van der Waals surface area contributed by atoms with Crippen molar-refractivity contribution >= 4 is 17.5 Å². The molecule has 1 aliphatic carbocycles. The molecule has 136 valence electrons. The largest absolute Gasteiger partial charge is 0.474 e. The predicted octanol–water partition coefficient (Wildman–Crippen LogP) is 3.05. The molecule has 7 nitrogen and oxygen atoms in total. The van der Waals surface area contributed by atoms with E-state index in [0.717, 1.165) is 31.9 Å². The summed E-state index contributed by atoms with van der Waals surface area (Å²) in [6.45, 7) is 1.99. The van der Waals surface area contributed by atoms with E-state index in [1.165, 1.54) is 25.7 Å². The smallest absolute Gasteiger partial charge is 0.257 e. The van der Waals surface area contributed by atoms with Crippen molar-refractivity contribution in [3.63, 3.8) is 0 Å². The summed E-state index contributed by atoms with van der Waals surface area (Å²) in [5.41, 5.74) is 1.05. The van der Waals surface area contributed by atoms with Gasteiger partial charge in [0, 0.05) is 25.4 Å². The highest BCUT2D eigenvalue weighted by Crippen LogP contribution is 2.23. The second-order valence-electron chi connectivity index (χ2n) is 6.83. The van der Waals surface area contributed by atoms with Crippen LogP contribution in [-0.4, -0.2) is 40.1 Å². The van der Waals surface area contributed by atoms with Gasteiger partial charge in [0.15, 0.2) is 0 Å². The summed E-state index contributed by atoms with van der Waals surface area (Å²) >= 11 is 0. The summed E-state index contributed by atoms with van der Waals surface area (Å²) in [5, 5.41) is 2.81. The lowest BCUT2D eigenvalue weighted by Crippen LogP contribution is -2.20. The maximum Gasteiger partial charge on any atom is 0.257 e. The Morgan fingerprint density at radius 1 is 1.00 bits per heavy atom. The van der Waals surface area contributed by atoms with Crippen LogP contribution in [-0.2, 0) is 0 Å². The molecule has 0 aromatic carbocycles. The zero-order chi connectivity index (χ0) is 17.8.